The quantitative estimate of drug-likeness (QED) is 0.214. The number of rotatable bonds is 9. The molecule has 0 radical (unpaired) electrons. The lowest BCUT2D eigenvalue weighted by molar-refractivity contribution is 0.284. The fraction of sp³-hybridized carbons (Fsp3) is 0.286. The second-order valence-electron chi connectivity index (χ2n) is 9.48. The van der Waals surface area contributed by atoms with E-state index >= 15 is 0 Å². The van der Waals surface area contributed by atoms with Crippen LogP contribution >= 0.6 is 15.9 Å². The van der Waals surface area contributed by atoms with Crippen molar-refractivity contribution in [1.82, 2.24) is 14.7 Å². The second kappa shape index (κ2) is 11.6. The Bertz CT molecular complexity index is 1440. The molecule has 3 aromatic carbocycles. The van der Waals surface area contributed by atoms with Gasteiger partial charge in [0.1, 0.15) is 5.82 Å². The van der Waals surface area contributed by atoms with Crippen molar-refractivity contribution in [3.63, 3.8) is 0 Å². The van der Waals surface area contributed by atoms with Crippen LogP contribution < -0.4 is 15.4 Å². The molecule has 0 aliphatic heterocycles. The van der Waals surface area contributed by atoms with Gasteiger partial charge < -0.3 is 10.6 Å². The summed E-state index contributed by atoms with van der Waals surface area (Å²) in [5, 5.41) is 7.85. The van der Waals surface area contributed by atoms with Crippen molar-refractivity contribution in [2.45, 2.75) is 30.6 Å². The van der Waals surface area contributed by atoms with Crippen LogP contribution in [0.5, 0.6) is 0 Å². The number of halogens is 1. The van der Waals surface area contributed by atoms with Gasteiger partial charge >= 0.3 is 0 Å². The Labute approximate surface area is 226 Å². The summed E-state index contributed by atoms with van der Waals surface area (Å²) in [5.74, 6) is 2.24. The van der Waals surface area contributed by atoms with Crippen molar-refractivity contribution < 1.29 is 8.42 Å². The van der Waals surface area contributed by atoms with Crippen molar-refractivity contribution in [3.05, 3.63) is 83.3 Å². The first-order valence-corrected chi connectivity index (χ1v) is 14.8. The number of para-hydroxylation sites is 2. The minimum atomic E-state index is -3.49. The van der Waals surface area contributed by atoms with Crippen LogP contribution in [0, 0.1) is 11.8 Å². The zero-order chi connectivity index (χ0) is 25.7. The van der Waals surface area contributed by atoms with Gasteiger partial charge in [0.15, 0.2) is 0 Å². The van der Waals surface area contributed by atoms with E-state index in [0.29, 0.717) is 29.2 Å². The van der Waals surface area contributed by atoms with Gasteiger partial charge in [-0.25, -0.2) is 18.1 Å². The summed E-state index contributed by atoms with van der Waals surface area (Å²) in [6, 6.07) is 24.7. The Morgan fingerprint density at radius 1 is 0.784 bits per heavy atom. The highest BCUT2D eigenvalue weighted by atomic mass is 79.9. The van der Waals surface area contributed by atoms with E-state index in [2.05, 4.69) is 31.3 Å². The molecule has 5 rings (SSSR count). The Morgan fingerprint density at radius 3 is 2.16 bits per heavy atom. The predicted molar refractivity (Wildman–Crippen MR) is 153 cm³/mol. The van der Waals surface area contributed by atoms with Crippen molar-refractivity contribution in [2.75, 3.05) is 23.7 Å². The van der Waals surface area contributed by atoms with Gasteiger partial charge in [0, 0.05) is 28.6 Å². The maximum atomic E-state index is 12.6. The highest BCUT2D eigenvalue weighted by Gasteiger charge is 2.23. The van der Waals surface area contributed by atoms with Gasteiger partial charge in [-0.3, -0.25) is 0 Å². The molecule has 37 heavy (non-hydrogen) atoms. The number of nitrogens with one attached hydrogen (secondary N) is 3. The number of fused-ring (bicyclic) bond motifs is 1. The normalized spacial score (nSPS) is 18.0. The lowest BCUT2D eigenvalue weighted by atomic mass is 9.82. The van der Waals surface area contributed by atoms with Crippen LogP contribution in [-0.2, 0) is 10.0 Å². The molecule has 0 saturated heterocycles. The number of sulfonamides is 1. The third-order valence-electron chi connectivity index (χ3n) is 6.84. The number of aromatic nitrogens is 2. The minimum Gasteiger partial charge on any atom is -0.354 e. The molecule has 7 nitrogen and oxygen atoms in total. The first-order chi connectivity index (χ1) is 18.0. The van der Waals surface area contributed by atoms with Gasteiger partial charge in [-0.2, -0.15) is 4.98 Å². The van der Waals surface area contributed by atoms with Crippen LogP contribution in [0.15, 0.2) is 88.2 Å². The molecular formula is C28H30BrN5O2S. The smallest absolute Gasteiger partial charge is 0.240 e. The zero-order valence-electron chi connectivity index (χ0n) is 20.4. The minimum absolute atomic E-state index is 0.296. The van der Waals surface area contributed by atoms with Crippen LogP contribution in [0.1, 0.15) is 25.7 Å². The number of anilines is 3. The summed E-state index contributed by atoms with van der Waals surface area (Å²) >= 11 is 3.34. The molecular weight excluding hydrogens is 550 g/mol. The molecule has 1 fully saturated rings. The van der Waals surface area contributed by atoms with Gasteiger partial charge in [-0.15, -0.1) is 0 Å². The molecule has 0 unspecified atom stereocenters. The van der Waals surface area contributed by atoms with Crippen LogP contribution in [0.4, 0.5) is 17.5 Å². The Morgan fingerprint density at radius 2 is 1.43 bits per heavy atom. The second-order valence-corrected chi connectivity index (χ2v) is 12.2. The fourth-order valence-corrected chi connectivity index (χ4v) is 6.09. The average Bonchev–Trinajstić information content (AvgIpc) is 2.92. The molecule has 1 aliphatic carbocycles. The lowest BCUT2D eigenvalue weighted by Gasteiger charge is -2.28. The van der Waals surface area contributed by atoms with Gasteiger partial charge in [0.05, 0.1) is 10.4 Å². The predicted octanol–water partition coefficient (Wildman–Crippen LogP) is 6.33. The number of hydrogen-bond acceptors (Lipinski definition) is 6. The van der Waals surface area contributed by atoms with E-state index in [9.17, 15) is 8.42 Å². The first-order valence-electron chi connectivity index (χ1n) is 12.5. The summed E-state index contributed by atoms with van der Waals surface area (Å²) in [6.07, 6.45) is 4.07. The molecule has 1 saturated carbocycles. The van der Waals surface area contributed by atoms with Gasteiger partial charge in [-0.05, 0) is 86.1 Å². The molecule has 4 aromatic rings. The third kappa shape index (κ3) is 6.66. The van der Waals surface area contributed by atoms with Gasteiger partial charge in [0.25, 0.3) is 0 Å². The van der Waals surface area contributed by atoms with Crippen molar-refractivity contribution in [2.24, 2.45) is 11.8 Å². The van der Waals surface area contributed by atoms with E-state index in [0.717, 1.165) is 59.1 Å². The molecule has 1 heterocycles. The van der Waals surface area contributed by atoms with Crippen molar-refractivity contribution >= 4 is 54.3 Å². The summed E-state index contributed by atoms with van der Waals surface area (Å²) in [7, 11) is -3.49. The largest absolute Gasteiger partial charge is 0.354 e. The number of nitrogens with zero attached hydrogens (tertiary/aromatic N) is 2. The Balaban J connectivity index is 1.15. The molecule has 0 atom stereocenters. The molecule has 1 aromatic heterocycles. The van der Waals surface area contributed by atoms with Gasteiger partial charge in [-0.1, -0.05) is 46.3 Å². The molecule has 9 heteroatoms. The SMILES string of the molecule is O=S(=O)(NCC1CCC(CNc2nc(Nc3ccccc3)c3ccccc3n2)CC1)c1ccc(Br)cc1. The van der Waals surface area contributed by atoms with Crippen molar-refractivity contribution in [1.29, 1.82) is 0 Å². The Kier molecular flexibility index (Phi) is 8.02. The molecule has 192 valence electrons. The van der Waals surface area contributed by atoms with Gasteiger partial charge in [0.2, 0.25) is 16.0 Å². The summed E-state index contributed by atoms with van der Waals surface area (Å²) in [6.45, 7) is 1.27. The first kappa shape index (κ1) is 25.6. The third-order valence-corrected chi connectivity index (χ3v) is 8.81. The standard InChI is InChI=1S/C28H30BrN5O2S/c29-22-14-16-24(17-15-22)37(35,36)31-19-21-12-10-20(11-13-21)18-30-28-33-26-9-5-4-8-25(26)27(34-28)32-23-6-2-1-3-7-23/h1-9,14-17,20-21,31H,10-13,18-19H2,(H2,30,32,33,34). The lowest BCUT2D eigenvalue weighted by Crippen LogP contribution is -2.32. The van der Waals surface area contributed by atoms with E-state index in [4.69, 9.17) is 9.97 Å². The van der Waals surface area contributed by atoms with Crippen LogP contribution in [-0.4, -0.2) is 31.5 Å². The number of hydrogen-bond donors (Lipinski definition) is 3. The molecule has 0 spiro atoms. The summed E-state index contributed by atoms with van der Waals surface area (Å²) in [4.78, 5) is 9.80. The van der Waals surface area contributed by atoms with E-state index in [1.54, 1.807) is 24.3 Å². The average molecular weight is 581 g/mol. The van der Waals surface area contributed by atoms with E-state index in [-0.39, 0.29) is 0 Å². The zero-order valence-corrected chi connectivity index (χ0v) is 22.8. The molecule has 1 aliphatic rings. The molecule has 0 bridgehead atoms. The molecule has 0 amide bonds. The highest BCUT2D eigenvalue weighted by Crippen LogP contribution is 2.30. The monoisotopic (exact) mass is 579 g/mol. The summed E-state index contributed by atoms with van der Waals surface area (Å²) < 4.78 is 28.8. The maximum Gasteiger partial charge on any atom is 0.240 e. The van der Waals surface area contributed by atoms with Crippen molar-refractivity contribution in [3.8, 4) is 0 Å². The maximum absolute atomic E-state index is 12.6. The van der Waals surface area contributed by atoms with Crippen LogP contribution in [0.25, 0.3) is 10.9 Å². The van der Waals surface area contributed by atoms with E-state index < -0.39 is 10.0 Å². The topological polar surface area (TPSA) is 96.0 Å². The fourth-order valence-electron chi connectivity index (χ4n) is 4.71. The van der Waals surface area contributed by atoms with Crippen LogP contribution in [0.2, 0.25) is 0 Å². The van der Waals surface area contributed by atoms with E-state index in [1.165, 1.54) is 0 Å². The Hall–Kier alpha value is -3.01. The van der Waals surface area contributed by atoms with Crippen LogP contribution in [0.3, 0.4) is 0 Å². The highest BCUT2D eigenvalue weighted by molar-refractivity contribution is 9.10. The van der Waals surface area contributed by atoms with E-state index in [1.807, 2.05) is 54.6 Å². The number of benzene rings is 3. The molecule has 3 N–H and O–H groups in total. The summed E-state index contributed by atoms with van der Waals surface area (Å²) in [5.41, 5.74) is 1.87.